The van der Waals surface area contributed by atoms with E-state index in [0.717, 1.165) is 53.3 Å². The number of esters is 1. The third-order valence-electron chi connectivity index (χ3n) is 6.20. The van der Waals surface area contributed by atoms with Gasteiger partial charge in [-0.25, -0.2) is 4.79 Å². The number of thiophene rings is 1. The zero-order valence-corrected chi connectivity index (χ0v) is 21.9. The van der Waals surface area contributed by atoms with Crippen molar-refractivity contribution >= 4 is 45.3 Å². The standard InChI is InChI=1S/C26H32N4O2S2/c1-5-32-25(31)22-20-9-7-6-8-10-21(20)34-24(22)28-26(33)27-23-17(3)29-30(18(23)4)15-19-13-11-16(2)12-14-19/h11-14H,5-10,15H2,1-4H3,(H2,27,28,33). The van der Waals surface area contributed by atoms with Gasteiger partial charge in [-0.2, -0.15) is 5.10 Å². The van der Waals surface area contributed by atoms with Crippen molar-refractivity contribution < 1.29 is 9.53 Å². The number of thiocarbonyl (C=S) groups is 1. The molecule has 0 atom stereocenters. The second-order valence-corrected chi connectivity index (χ2v) is 10.3. The number of nitrogens with one attached hydrogen (secondary N) is 2. The fourth-order valence-electron chi connectivity index (χ4n) is 4.40. The van der Waals surface area contributed by atoms with Crippen molar-refractivity contribution in [3.63, 3.8) is 0 Å². The van der Waals surface area contributed by atoms with Crippen LogP contribution in [0.5, 0.6) is 0 Å². The van der Waals surface area contributed by atoms with E-state index in [-0.39, 0.29) is 5.97 Å². The van der Waals surface area contributed by atoms with Crippen LogP contribution in [0.3, 0.4) is 0 Å². The number of fused-ring (bicyclic) bond motifs is 1. The predicted octanol–water partition coefficient (Wildman–Crippen LogP) is 6.17. The number of rotatable bonds is 6. The highest BCUT2D eigenvalue weighted by atomic mass is 32.1. The molecule has 1 aliphatic carbocycles. The fraction of sp³-hybridized carbons (Fsp3) is 0.423. The van der Waals surface area contributed by atoms with Gasteiger partial charge >= 0.3 is 5.97 Å². The van der Waals surface area contributed by atoms with Gasteiger partial charge < -0.3 is 15.4 Å². The SMILES string of the molecule is CCOC(=O)c1c(NC(=S)Nc2c(C)nn(Cc3ccc(C)cc3)c2C)sc2c1CCCCC2. The first-order valence-corrected chi connectivity index (χ1v) is 13.1. The predicted molar refractivity (Wildman–Crippen MR) is 143 cm³/mol. The fourth-order valence-corrected chi connectivity index (χ4v) is 5.95. The highest BCUT2D eigenvalue weighted by Crippen LogP contribution is 2.38. The number of aromatic nitrogens is 2. The molecular weight excluding hydrogens is 464 g/mol. The third kappa shape index (κ3) is 5.33. The normalized spacial score (nSPS) is 13.2. The Balaban J connectivity index is 1.53. The monoisotopic (exact) mass is 496 g/mol. The minimum Gasteiger partial charge on any atom is -0.462 e. The lowest BCUT2D eigenvalue weighted by Gasteiger charge is -2.12. The zero-order chi connectivity index (χ0) is 24.2. The molecule has 1 aromatic carbocycles. The lowest BCUT2D eigenvalue weighted by molar-refractivity contribution is 0.0527. The molecular formula is C26H32N4O2S2. The van der Waals surface area contributed by atoms with Crippen LogP contribution < -0.4 is 10.6 Å². The molecule has 0 amide bonds. The van der Waals surface area contributed by atoms with Crippen LogP contribution in [-0.4, -0.2) is 27.5 Å². The number of aryl methyl sites for hydroxylation is 3. The second-order valence-electron chi connectivity index (χ2n) is 8.76. The molecule has 6 nitrogen and oxygen atoms in total. The van der Waals surface area contributed by atoms with Gasteiger partial charge in [0.05, 0.1) is 35.8 Å². The van der Waals surface area contributed by atoms with Crippen LogP contribution in [0.4, 0.5) is 10.7 Å². The summed E-state index contributed by atoms with van der Waals surface area (Å²) in [5, 5.41) is 12.6. The summed E-state index contributed by atoms with van der Waals surface area (Å²) in [6.45, 7) is 8.98. The first kappa shape index (κ1) is 24.4. The molecule has 1 aliphatic rings. The van der Waals surface area contributed by atoms with Crippen molar-refractivity contribution in [1.82, 2.24) is 9.78 Å². The second kappa shape index (κ2) is 10.7. The molecule has 2 N–H and O–H groups in total. The smallest absolute Gasteiger partial charge is 0.341 e. The van der Waals surface area contributed by atoms with Crippen molar-refractivity contribution in [2.75, 3.05) is 17.2 Å². The third-order valence-corrected chi connectivity index (χ3v) is 7.61. The van der Waals surface area contributed by atoms with E-state index in [2.05, 4.69) is 41.8 Å². The molecule has 0 saturated heterocycles. The van der Waals surface area contributed by atoms with Crippen molar-refractivity contribution in [2.45, 2.75) is 66.3 Å². The van der Waals surface area contributed by atoms with Crippen LogP contribution in [0.1, 0.15) is 69.5 Å². The van der Waals surface area contributed by atoms with Crippen LogP contribution in [0.2, 0.25) is 0 Å². The summed E-state index contributed by atoms with van der Waals surface area (Å²) in [6.07, 6.45) is 5.34. The molecule has 34 heavy (non-hydrogen) atoms. The van der Waals surface area contributed by atoms with E-state index in [9.17, 15) is 4.79 Å². The van der Waals surface area contributed by atoms with Crippen LogP contribution >= 0.6 is 23.6 Å². The quantitative estimate of drug-likeness (QED) is 0.242. The molecule has 2 aromatic heterocycles. The summed E-state index contributed by atoms with van der Waals surface area (Å²) >= 11 is 7.29. The molecule has 0 fully saturated rings. The highest BCUT2D eigenvalue weighted by molar-refractivity contribution is 7.80. The van der Waals surface area contributed by atoms with Gasteiger partial charge in [0.15, 0.2) is 5.11 Å². The van der Waals surface area contributed by atoms with Crippen molar-refractivity contribution in [1.29, 1.82) is 0 Å². The Labute approximate surface area is 210 Å². The van der Waals surface area contributed by atoms with E-state index in [4.69, 9.17) is 22.1 Å². The maximum absolute atomic E-state index is 12.8. The maximum Gasteiger partial charge on any atom is 0.341 e. The topological polar surface area (TPSA) is 68.2 Å². The minimum absolute atomic E-state index is 0.273. The van der Waals surface area contributed by atoms with E-state index in [0.29, 0.717) is 23.8 Å². The number of nitrogens with zero attached hydrogens (tertiary/aromatic N) is 2. The van der Waals surface area contributed by atoms with Crippen molar-refractivity contribution in [2.24, 2.45) is 0 Å². The van der Waals surface area contributed by atoms with Gasteiger partial charge in [0.25, 0.3) is 0 Å². The number of carbonyl (C=O) groups is 1. The number of ether oxygens (including phenoxy) is 1. The molecule has 0 spiro atoms. The molecule has 4 rings (SSSR count). The summed E-state index contributed by atoms with van der Waals surface area (Å²) in [4.78, 5) is 14.1. The van der Waals surface area contributed by atoms with Gasteiger partial charge in [-0.05, 0) is 76.7 Å². The summed E-state index contributed by atoms with van der Waals surface area (Å²) < 4.78 is 7.38. The number of hydrogen-bond acceptors (Lipinski definition) is 5. The van der Waals surface area contributed by atoms with Gasteiger partial charge in [0, 0.05) is 4.88 Å². The Morgan fingerprint density at radius 3 is 2.59 bits per heavy atom. The van der Waals surface area contributed by atoms with Crippen LogP contribution in [0.25, 0.3) is 0 Å². The number of benzene rings is 1. The number of hydrogen-bond donors (Lipinski definition) is 2. The Morgan fingerprint density at radius 1 is 1.12 bits per heavy atom. The Kier molecular flexibility index (Phi) is 7.68. The first-order chi connectivity index (χ1) is 16.4. The molecule has 2 heterocycles. The summed E-state index contributed by atoms with van der Waals surface area (Å²) in [6, 6.07) is 8.48. The Hall–Kier alpha value is -2.71. The maximum atomic E-state index is 12.8. The van der Waals surface area contributed by atoms with E-state index in [1.165, 1.54) is 22.4 Å². The molecule has 0 aliphatic heterocycles. The lowest BCUT2D eigenvalue weighted by atomic mass is 10.1. The lowest BCUT2D eigenvalue weighted by Crippen LogP contribution is -2.21. The van der Waals surface area contributed by atoms with Gasteiger partial charge in [0.1, 0.15) is 5.00 Å². The molecule has 8 heteroatoms. The molecule has 180 valence electrons. The minimum atomic E-state index is -0.273. The summed E-state index contributed by atoms with van der Waals surface area (Å²) in [7, 11) is 0. The van der Waals surface area contributed by atoms with Crippen LogP contribution in [0.15, 0.2) is 24.3 Å². The van der Waals surface area contributed by atoms with Crippen LogP contribution in [0, 0.1) is 20.8 Å². The van der Waals surface area contributed by atoms with E-state index in [1.54, 1.807) is 11.3 Å². The first-order valence-electron chi connectivity index (χ1n) is 11.9. The number of anilines is 2. The molecule has 0 unspecified atom stereocenters. The summed E-state index contributed by atoms with van der Waals surface area (Å²) in [5.74, 6) is -0.273. The molecule has 0 saturated carbocycles. The van der Waals surface area contributed by atoms with Gasteiger partial charge in [-0.3, -0.25) is 4.68 Å². The molecule has 0 radical (unpaired) electrons. The van der Waals surface area contributed by atoms with Crippen molar-refractivity contribution in [3.05, 3.63) is 62.8 Å². The van der Waals surface area contributed by atoms with E-state index in [1.807, 2.05) is 25.5 Å². The van der Waals surface area contributed by atoms with Gasteiger partial charge in [-0.15, -0.1) is 11.3 Å². The van der Waals surface area contributed by atoms with Gasteiger partial charge in [0.2, 0.25) is 0 Å². The largest absolute Gasteiger partial charge is 0.462 e. The van der Waals surface area contributed by atoms with Gasteiger partial charge in [-0.1, -0.05) is 36.2 Å². The van der Waals surface area contributed by atoms with Crippen molar-refractivity contribution in [3.8, 4) is 0 Å². The average molecular weight is 497 g/mol. The average Bonchev–Trinajstić information content (AvgIpc) is 3.15. The zero-order valence-electron chi connectivity index (χ0n) is 20.3. The van der Waals surface area contributed by atoms with E-state index < -0.39 is 0 Å². The molecule has 0 bridgehead atoms. The Bertz CT molecular complexity index is 1190. The summed E-state index contributed by atoms with van der Waals surface area (Å²) in [5.41, 5.74) is 6.99. The highest BCUT2D eigenvalue weighted by Gasteiger charge is 2.26. The Morgan fingerprint density at radius 2 is 1.85 bits per heavy atom. The number of carbonyl (C=O) groups excluding carboxylic acids is 1. The van der Waals surface area contributed by atoms with Crippen LogP contribution in [-0.2, 0) is 24.1 Å². The molecule has 3 aromatic rings. The van der Waals surface area contributed by atoms with E-state index >= 15 is 0 Å².